The van der Waals surface area contributed by atoms with Gasteiger partial charge in [0.1, 0.15) is 5.82 Å². The average molecular weight is 391 g/mol. The van der Waals surface area contributed by atoms with Crippen LogP contribution < -0.4 is 0 Å². The van der Waals surface area contributed by atoms with E-state index in [2.05, 4.69) is 15.1 Å². The number of benzene rings is 1. The predicted octanol–water partition coefficient (Wildman–Crippen LogP) is 3.54. The van der Waals surface area contributed by atoms with E-state index in [0.29, 0.717) is 36.2 Å². The van der Waals surface area contributed by atoms with Crippen LogP contribution in [0.5, 0.6) is 0 Å². The van der Waals surface area contributed by atoms with E-state index < -0.39 is 0 Å². The van der Waals surface area contributed by atoms with Crippen LogP contribution in [0, 0.1) is 0 Å². The van der Waals surface area contributed by atoms with Gasteiger partial charge in [0.2, 0.25) is 17.6 Å². The van der Waals surface area contributed by atoms with Gasteiger partial charge in [-0.05, 0) is 37.1 Å². The molecular weight excluding hydrogens is 370 g/mol. The molecule has 0 unspecified atom stereocenters. The van der Waals surface area contributed by atoms with Crippen LogP contribution in [0.25, 0.3) is 22.6 Å². The highest BCUT2D eigenvalue weighted by Crippen LogP contribution is 2.28. The molecule has 4 heterocycles. The number of fused-ring (bicyclic) bond motifs is 1. The highest BCUT2D eigenvalue weighted by Gasteiger charge is 2.26. The van der Waals surface area contributed by atoms with Crippen molar-refractivity contribution in [3.8, 4) is 11.6 Å². The van der Waals surface area contributed by atoms with E-state index in [1.54, 1.807) is 18.4 Å². The van der Waals surface area contributed by atoms with E-state index in [9.17, 15) is 4.79 Å². The molecule has 5 rings (SSSR count). The molecule has 4 aromatic rings. The Balaban J connectivity index is 1.14. The third kappa shape index (κ3) is 3.65. The Labute approximate surface area is 166 Å². The molecule has 3 aromatic heterocycles. The van der Waals surface area contributed by atoms with Gasteiger partial charge < -0.3 is 18.8 Å². The first-order chi connectivity index (χ1) is 14.3. The fraction of sp³-hybridized carbons (Fsp3) is 0.333. The Morgan fingerprint density at radius 3 is 2.79 bits per heavy atom. The maximum Gasteiger partial charge on any atom is 0.238 e. The molecule has 0 radical (unpaired) electrons. The number of piperidine rings is 1. The number of hydrogen-bond acceptors (Lipinski definition) is 6. The standard InChI is InChI=1S/C21H21N5O3/c27-19(8-7-18-24-21(25-29-18)17-6-3-13-28-17)26-11-9-14(10-12-26)20-22-15-4-1-2-5-16(15)23-20/h1-6,13-14H,7-12H2,(H,22,23). The third-order valence-electron chi connectivity index (χ3n) is 5.40. The maximum atomic E-state index is 12.6. The van der Waals surface area contributed by atoms with Crippen LogP contribution in [0.1, 0.15) is 36.9 Å². The number of carbonyl (C=O) groups is 1. The zero-order valence-corrected chi connectivity index (χ0v) is 15.9. The first kappa shape index (κ1) is 17.7. The van der Waals surface area contributed by atoms with Crippen molar-refractivity contribution in [3.63, 3.8) is 0 Å². The Morgan fingerprint density at radius 2 is 2.00 bits per heavy atom. The Bertz CT molecular complexity index is 1070. The minimum absolute atomic E-state index is 0.116. The lowest BCUT2D eigenvalue weighted by atomic mass is 9.96. The van der Waals surface area contributed by atoms with Gasteiger partial charge in [-0.25, -0.2) is 4.98 Å². The van der Waals surface area contributed by atoms with Crippen LogP contribution in [0.15, 0.2) is 51.6 Å². The molecule has 8 heteroatoms. The van der Waals surface area contributed by atoms with E-state index in [4.69, 9.17) is 13.9 Å². The fourth-order valence-corrected chi connectivity index (χ4v) is 3.80. The zero-order chi connectivity index (χ0) is 19.6. The number of amides is 1. The van der Waals surface area contributed by atoms with Crippen molar-refractivity contribution in [1.29, 1.82) is 0 Å². The molecule has 8 nitrogen and oxygen atoms in total. The number of likely N-dealkylation sites (tertiary alicyclic amines) is 1. The van der Waals surface area contributed by atoms with Gasteiger partial charge in [-0.15, -0.1) is 0 Å². The lowest BCUT2D eigenvalue weighted by Crippen LogP contribution is -2.38. The minimum atomic E-state index is 0.116. The number of rotatable bonds is 5. The average Bonchev–Trinajstić information content (AvgIpc) is 3.52. The molecule has 1 aliphatic heterocycles. The number of aromatic amines is 1. The van der Waals surface area contributed by atoms with Crippen molar-refractivity contribution in [3.05, 3.63) is 54.4 Å². The van der Waals surface area contributed by atoms with Crippen molar-refractivity contribution in [2.24, 2.45) is 0 Å². The molecule has 0 bridgehead atoms. The Kier molecular flexibility index (Phi) is 4.59. The van der Waals surface area contributed by atoms with Crippen molar-refractivity contribution in [1.82, 2.24) is 25.0 Å². The summed E-state index contributed by atoms with van der Waals surface area (Å²) in [7, 11) is 0. The van der Waals surface area contributed by atoms with Crippen molar-refractivity contribution in [2.45, 2.75) is 31.6 Å². The van der Waals surface area contributed by atoms with Gasteiger partial charge in [-0.1, -0.05) is 17.3 Å². The number of furan rings is 1. The molecule has 0 spiro atoms. The topological polar surface area (TPSA) is 101 Å². The van der Waals surface area contributed by atoms with Crippen LogP contribution in [-0.4, -0.2) is 44.0 Å². The lowest BCUT2D eigenvalue weighted by molar-refractivity contribution is -0.132. The molecule has 29 heavy (non-hydrogen) atoms. The van der Waals surface area contributed by atoms with E-state index >= 15 is 0 Å². The number of imidazole rings is 1. The second-order valence-corrected chi connectivity index (χ2v) is 7.28. The lowest BCUT2D eigenvalue weighted by Gasteiger charge is -2.31. The number of hydrogen-bond donors (Lipinski definition) is 1. The summed E-state index contributed by atoms with van der Waals surface area (Å²) < 4.78 is 10.5. The van der Waals surface area contributed by atoms with Crippen molar-refractivity contribution < 1.29 is 13.7 Å². The summed E-state index contributed by atoms with van der Waals surface area (Å²) in [6.45, 7) is 1.48. The van der Waals surface area contributed by atoms with Crippen LogP contribution in [0.2, 0.25) is 0 Å². The van der Waals surface area contributed by atoms with Crippen LogP contribution >= 0.6 is 0 Å². The Morgan fingerprint density at radius 1 is 1.14 bits per heavy atom. The molecule has 0 saturated carbocycles. The van der Waals surface area contributed by atoms with Crippen LogP contribution in [0.3, 0.4) is 0 Å². The molecule has 1 aromatic carbocycles. The van der Waals surface area contributed by atoms with Gasteiger partial charge in [0.05, 0.1) is 17.3 Å². The summed E-state index contributed by atoms with van der Waals surface area (Å²) in [5.41, 5.74) is 2.06. The molecule has 1 fully saturated rings. The Hall–Kier alpha value is -3.42. The summed E-state index contributed by atoms with van der Waals surface area (Å²) in [6, 6.07) is 11.6. The summed E-state index contributed by atoms with van der Waals surface area (Å²) in [5, 5.41) is 3.90. The van der Waals surface area contributed by atoms with Crippen LogP contribution in [-0.2, 0) is 11.2 Å². The molecule has 0 aliphatic carbocycles. The third-order valence-corrected chi connectivity index (χ3v) is 5.40. The number of carbonyl (C=O) groups excluding carboxylic acids is 1. The normalized spacial score (nSPS) is 15.2. The number of aromatic nitrogens is 4. The number of para-hydroxylation sites is 2. The van der Waals surface area contributed by atoms with Gasteiger partial charge >= 0.3 is 0 Å². The smallest absolute Gasteiger partial charge is 0.238 e. The maximum absolute atomic E-state index is 12.6. The minimum Gasteiger partial charge on any atom is -0.461 e. The van der Waals surface area contributed by atoms with E-state index in [1.165, 1.54) is 0 Å². The fourth-order valence-electron chi connectivity index (χ4n) is 3.80. The quantitative estimate of drug-likeness (QED) is 0.558. The molecular formula is C21H21N5O3. The first-order valence-electron chi connectivity index (χ1n) is 9.85. The highest BCUT2D eigenvalue weighted by atomic mass is 16.5. The number of nitrogens with zero attached hydrogens (tertiary/aromatic N) is 4. The van der Waals surface area contributed by atoms with Crippen molar-refractivity contribution in [2.75, 3.05) is 13.1 Å². The SMILES string of the molecule is O=C(CCc1nc(-c2ccco2)no1)N1CCC(c2nc3ccccc3[nH]2)CC1. The van der Waals surface area contributed by atoms with Gasteiger partial charge in [-0.3, -0.25) is 4.79 Å². The van der Waals surface area contributed by atoms with Gasteiger partial charge in [0, 0.05) is 31.8 Å². The number of nitrogens with one attached hydrogen (secondary N) is 1. The summed E-state index contributed by atoms with van der Waals surface area (Å²) >= 11 is 0. The highest BCUT2D eigenvalue weighted by molar-refractivity contribution is 5.76. The number of H-pyrrole nitrogens is 1. The van der Waals surface area contributed by atoms with E-state index in [0.717, 1.165) is 42.8 Å². The van der Waals surface area contributed by atoms with Crippen molar-refractivity contribution >= 4 is 16.9 Å². The van der Waals surface area contributed by atoms with Gasteiger partial charge in [-0.2, -0.15) is 4.98 Å². The van der Waals surface area contributed by atoms with Gasteiger partial charge in [0.15, 0.2) is 5.76 Å². The molecule has 148 valence electrons. The predicted molar refractivity (Wildman–Crippen MR) is 105 cm³/mol. The van der Waals surface area contributed by atoms with Crippen LogP contribution in [0.4, 0.5) is 0 Å². The summed E-state index contributed by atoms with van der Waals surface area (Å²) in [4.78, 5) is 26.9. The van der Waals surface area contributed by atoms with Gasteiger partial charge in [0.25, 0.3) is 0 Å². The largest absolute Gasteiger partial charge is 0.461 e. The summed E-state index contributed by atoms with van der Waals surface area (Å²) in [5.74, 6) is 2.91. The molecule has 1 aliphatic rings. The molecule has 1 N–H and O–H groups in total. The summed E-state index contributed by atoms with van der Waals surface area (Å²) in [6.07, 6.45) is 4.17. The molecule has 1 amide bonds. The van der Waals surface area contributed by atoms with E-state index in [-0.39, 0.29) is 5.91 Å². The monoisotopic (exact) mass is 391 g/mol. The molecule has 0 atom stereocenters. The molecule has 1 saturated heterocycles. The zero-order valence-electron chi connectivity index (χ0n) is 15.9. The second kappa shape index (κ2) is 7.54. The van der Waals surface area contributed by atoms with E-state index in [1.807, 2.05) is 29.2 Å². The first-order valence-corrected chi connectivity index (χ1v) is 9.85. The second-order valence-electron chi connectivity index (χ2n) is 7.28. The number of aryl methyl sites for hydroxylation is 1.